The van der Waals surface area contributed by atoms with Gasteiger partial charge in [-0.1, -0.05) is 282 Å². The van der Waals surface area contributed by atoms with E-state index in [9.17, 15) is 19.8 Å². The zero-order valence-corrected chi connectivity index (χ0v) is 45.1. The van der Waals surface area contributed by atoms with E-state index in [4.69, 9.17) is 4.74 Å². The van der Waals surface area contributed by atoms with Gasteiger partial charge in [-0.25, -0.2) is 0 Å². The van der Waals surface area contributed by atoms with Crippen LogP contribution in [0.4, 0.5) is 0 Å². The molecule has 0 saturated carbocycles. The van der Waals surface area contributed by atoms with Crippen LogP contribution in [0.3, 0.4) is 0 Å². The first kappa shape index (κ1) is 65.3. The van der Waals surface area contributed by atoms with Gasteiger partial charge in [0.15, 0.2) is 0 Å². The number of aliphatic hydroxyl groups is 2. The first-order chi connectivity index (χ1) is 33.0. The van der Waals surface area contributed by atoms with Crippen LogP contribution in [0.25, 0.3) is 0 Å². The van der Waals surface area contributed by atoms with Crippen molar-refractivity contribution in [2.24, 2.45) is 0 Å². The van der Waals surface area contributed by atoms with E-state index in [-0.39, 0.29) is 18.5 Å². The van der Waals surface area contributed by atoms with Crippen LogP contribution in [-0.2, 0) is 14.3 Å². The number of unbranched alkanes of at least 4 members (excludes halogenated alkanes) is 41. The van der Waals surface area contributed by atoms with E-state index < -0.39 is 12.1 Å². The highest BCUT2D eigenvalue weighted by Crippen LogP contribution is 2.18. The largest absolute Gasteiger partial charge is 0.466 e. The van der Waals surface area contributed by atoms with E-state index >= 15 is 0 Å². The minimum Gasteiger partial charge on any atom is -0.466 e. The lowest BCUT2D eigenvalue weighted by Crippen LogP contribution is -2.45. The van der Waals surface area contributed by atoms with Crippen molar-refractivity contribution in [1.82, 2.24) is 5.32 Å². The van der Waals surface area contributed by atoms with E-state index in [2.05, 4.69) is 43.5 Å². The molecule has 6 nitrogen and oxygen atoms in total. The van der Waals surface area contributed by atoms with E-state index in [1.54, 1.807) is 0 Å². The maximum atomic E-state index is 12.5. The molecule has 6 heteroatoms. The first-order valence-corrected chi connectivity index (χ1v) is 30.1. The van der Waals surface area contributed by atoms with Crippen molar-refractivity contribution in [3.05, 3.63) is 24.3 Å². The molecular formula is C61H117NO5. The predicted octanol–water partition coefficient (Wildman–Crippen LogP) is 18.6. The normalized spacial score (nSPS) is 12.7. The highest BCUT2D eigenvalue weighted by atomic mass is 16.5. The molecule has 1 amide bonds. The Bertz CT molecular complexity index is 1040. The van der Waals surface area contributed by atoms with Crippen molar-refractivity contribution in [2.45, 2.75) is 341 Å². The molecule has 0 aliphatic carbocycles. The highest BCUT2D eigenvalue weighted by molar-refractivity contribution is 5.76. The molecule has 0 aromatic carbocycles. The maximum absolute atomic E-state index is 12.5. The summed E-state index contributed by atoms with van der Waals surface area (Å²) in [4.78, 5) is 24.6. The summed E-state index contributed by atoms with van der Waals surface area (Å²) in [6, 6.07) is -0.561. The van der Waals surface area contributed by atoms with E-state index in [0.717, 1.165) is 70.6 Å². The van der Waals surface area contributed by atoms with Crippen LogP contribution in [0.2, 0.25) is 0 Å². The molecule has 0 aromatic rings. The molecule has 396 valence electrons. The van der Waals surface area contributed by atoms with Crippen molar-refractivity contribution < 1.29 is 24.5 Å². The number of aliphatic hydroxyl groups excluding tert-OH is 2. The zero-order chi connectivity index (χ0) is 48.6. The van der Waals surface area contributed by atoms with Gasteiger partial charge in [0.1, 0.15) is 0 Å². The van der Waals surface area contributed by atoms with Crippen LogP contribution >= 0.6 is 0 Å². The summed E-state index contributed by atoms with van der Waals surface area (Å²) >= 11 is 0. The fourth-order valence-corrected chi connectivity index (χ4v) is 9.38. The molecule has 2 unspecified atom stereocenters. The van der Waals surface area contributed by atoms with Crippen molar-refractivity contribution >= 4 is 11.9 Å². The predicted molar refractivity (Wildman–Crippen MR) is 292 cm³/mol. The number of amides is 1. The highest BCUT2D eigenvalue weighted by Gasteiger charge is 2.20. The van der Waals surface area contributed by atoms with E-state index in [1.807, 2.05) is 0 Å². The molecule has 0 heterocycles. The molecule has 0 bridgehead atoms. The van der Waals surface area contributed by atoms with Crippen LogP contribution in [-0.4, -0.2) is 47.4 Å². The Morgan fingerprint density at radius 2 is 0.746 bits per heavy atom. The molecule has 0 rings (SSSR count). The zero-order valence-electron chi connectivity index (χ0n) is 45.1. The lowest BCUT2D eigenvalue weighted by molar-refractivity contribution is -0.143. The minimum absolute atomic E-state index is 0.0316. The van der Waals surface area contributed by atoms with Crippen LogP contribution in [0.1, 0.15) is 328 Å². The Balaban J connectivity index is 3.46. The molecule has 0 spiro atoms. The average molecular weight is 945 g/mol. The molecule has 0 fully saturated rings. The van der Waals surface area contributed by atoms with Crippen LogP contribution in [0.5, 0.6) is 0 Å². The molecule has 0 aromatic heterocycles. The molecule has 67 heavy (non-hydrogen) atoms. The molecule has 2 atom stereocenters. The SMILES string of the molecule is CCCCC/C=C\C/C=C\CCCCCCCC(=O)OCCCCCCCCCCCCC(=O)NC(CO)C(O)CCCCCCCCCCCCCCCCCCCCCCCCCCC. The third kappa shape index (κ3) is 53.5. The van der Waals surface area contributed by atoms with Gasteiger partial charge < -0.3 is 20.3 Å². The Hall–Kier alpha value is -1.66. The molecule has 0 aliphatic rings. The average Bonchev–Trinajstić information content (AvgIpc) is 3.33. The van der Waals surface area contributed by atoms with Gasteiger partial charge in [0, 0.05) is 12.8 Å². The van der Waals surface area contributed by atoms with Crippen LogP contribution in [0, 0.1) is 0 Å². The number of nitrogens with one attached hydrogen (secondary N) is 1. The summed E-state index contributed by atoms with van der Waals surface area (Å²) in [5.41, 5.74) is 0. The smallest absolute Gasteiger partial charge is 0.305 e. The summed E-state index contributed by atoms with van der Waals surface area (Å²) in [7, 11) is 0. The van der Waals surface area contributed by atoms with Gasteiger partial charge in [-0.2, -0.15) is 0 Å². The maximum Gasteiger partial charge on any atom is 0.305 e. The van der Waals surface area contributed by atoms with Gasteiger partial charge in [-0.05, 0) is 57.8 Å². The second-order valence-corrected chi connectivity index (χ2v) is 20.7. The quantitative estimate of drug-likeness (QED) is 0.0321. The van der Waals surface area contributed by atoms with Gasteiger partial charge in [-0.15, -0.1) is 0 Å². The molecule has 3 N–H and O–H groups in total. The monoisotopic (exact) mass is 944 g/mol. The summed E-state index contributed by atoms with van der Waals surface area (Å²) < 4.78 is 5.46. The standard InChI is InChI=1S/C61H117NO5/c1-3-5-7-9-11-13-15-17-19-20-21-22-23-24-25-26-27-28-30-31-33-37-41-45-49-53-59(64)58(57-63)62-60(65)54-50-46-42-38-35-36-40-44-48-52-56-67-61(66)55-51-47-43-39-34-32-29-18-16-14-12-10-8-6-4-2/h12,14,18,29,58-59,63-64H,3-11,13,15-17,19-28,30-57H2,1-2H3,(H,62,65)/b14-12-,29-18-. The molecule has 0 aliphatic heterocycles. The second-order valence-electron chi connectivity index (χ2n) is 20.7. The molecule has 0 saturated heterocycles. The number of hydrogen-bond acceptors (Lipinski definition) is 5. The van der Waals surface area contributed by atoms with Crippen molar-refractivity contribution in [2.75, 3.05) is 13.2 Å². The Labute approximate surface area is 418 Å². The third-order valence-corrected chi connectivity index (χ3v) is 14.0. The van der Waals surface area contributed by atoms with Gasteiger partial charge in [0.2, 0.25) is 5.91 Å². The van der Waals surface area contributed by atoms with Crippen molar-refractivity contribution in [3.8, 4) is 0 Å². The Morgan fingerprint density at radius 1 is 0.418 bits per heavy atom. The summed E-state index contributed by atoms with van der Waals surface area (Å²) in [6.07, 6.45) is 68.9. The summed E-state index contributed by atoms with van der Waals surface area (Å²) in [5.74, 6) is -0.0871. The van der Waals surface area contributed by atoms with Crippen LogP contribution < -0.4 is 5.32 Å². The van der Waals surface area contributed by atoms with Gasteiger partial charge >= 0.3 is 5.97 Å². The summed E-state index contributed by atoms with van der Waals surface area (Å²) in [6.45, 7) is 4.89. The van der Waals surface area contributed by atoms with Gasteiger partial charge in [0.05, 0.1) is 25.4 Å². The van der Waals surface area contributed by atoms with E-state index in [0.29, 0.717) is 25.9 Å². The lowest BCUT2D eigenvalue weighted by atomic mass is 10.0. The Kier molecular flexibility index (Phi) is 55.5. The summed E-state index contributed by atoms with van der Waals surface area (Å²) in [5, 5.41) is 23.4. The molecule has 0 radical (unpaired) electrons. The fraction of sp³-hybridized carbons (Fsp3) is 0.902. The lowest BCUT2D eigenvalue weighted by Gasteiger charge is -2.22. The number of rotatable bonds is 56. The molecular weight excluding hydrogens is 827 g/mol. The number of carbonyl (C=O) groups excluding carboxylic acids is 2. The Morgan fingerprint density at radius 3 is 1.16 bits per heavy atom. The minimum atomic E-state index is -0.681. The number of allylic oxidation sites excluding steroid dienone is 4. The van der Waals surface area contributed by atoms with Crippen molar-refractivity contribution in [3.63, 3.8) is 0 Å². The number of esters is 1. The topological polar surface area (TPSA) is 95.9 Å². The van der Waals surface area contributed by atoms with Gasteiger partial charge in [0.25, 0.3) is 0 Å². The second kappa shape index (κ2) is 56.9. The van der Waals surface area contributed by atoms with Crippen LogP contribution in [0.15, 0.2) is 24.3 Å². The first-order valence-electron chi connectivity index (χ1n) is 30.1. The number of carbonyl (C=O) groups is 2. The number of ether oxygens (including phenoxy) is 1. The number of hydrogen-bond donors (Lipinski definition) is 3. The van der Waals surface area contributed by atoms with E-state index in [1.165, 1.54) is 225 Å². The van der Waals surface area contributed by atoms with Crippen molar-refractivity contribution in [1.29, 1.82) is 0 Å². The fourth-order valence-electron chi connectivity index (χ4n) is 9.38. The third-order valence-electron chi connectivity index (χ3n) is 14.0. The van der Waals surface area contributed by atoms with Gasteiger partial charge in [-0.3, -0.25) is 9.59 Å².